The Balaban J connectivity index is 2.64. The summed E-state index contributed by atoms with van der Waals surface area (Å²) in [7, 11) is 0. The first kappa shape index (κ1) is 12.9. The van der Waals surface area contributed by atoms with Crippen molar-refractivity contribution < 1.29 is 9.59 Å². The number of hydrogen-bond donors (Lipinski definition) is 1. The van der Waals surface area contributed by atoms with Crippen molar-refractivity contribution >= 4 is 33.3 Å². The van der Waals surface area contributed by atoms with E-state index >= 15 is 0 Å². The van der Waals surface area contributed by atoms with Crippen molar-refractivity contribution in [1.29, 1.82) is 0 Å². The maximum Gasteiger partial charge on any atom is 0.224 e. The molecule has 1 aromatic carbocycles. The van der Waals surface area contributed by atoms with Gasteiger partial charge in [-0.3, -0.25) is 9.59 Å². The zero-order chi connectivity index (χ0) is 12.0. The normalized spacial score (nSPS) is 9.88. The van der Waals surface area contributed by atoms with E-state index in [1.54, 1.807) is 24.3 Å². The molecule has 0 fully saturated rings. The van der Waals surface area contributed by atoms with E-state index in [1.807, 2.05) is 6.92 Å². The molecule has 0 aliphatic rings. The van der Waals surface area contributed by atoms with E-state index in [2.05, 4.69) is 21.2 Å². The largest absolute Gasteiger partial charge is 0.326 e. The van der Waals surface area contributed by atoms with Gasteiger partial charge in [-0.05, 0) is 30.7 Å². The predicted molar refractivity (Wildman–Crippen MR) is 68.1 cm³/mol. The van der Waals surface area contributed by atoms with Crippen molar-refractivity contribution in [3.8, 4) is 0 Å². The zero-order valence-corrected chi connectivity index (χ0v) is 10.7. The maximum absolute atomic E-state index is 11.3. The first-order chi connectivity index (χ1) is 7.67. The van der Waals surface area contributed by atoms with Gasteiger partial charge in [0.15, 0.2) is 5.78 Å². The topological polar surface area (TPSA) is 46.2 Å². The highest BCUT2D eigenvalue weighted by Crippen LogP contribution is 2.11. The highest BCUT2D eigenvalue weighted by atomic mass is 79.9. The highest BCUT2D eigenvalue weighted by Gasteiger charge is 2.04. The Hall–Kier alpha value is -1.16. The van der Waals surface area contributed by atoms with Crippen LogP contribution in [0.3, 0.4) is 0 Å². The second-order valence-electron chi connectivity index (χ2n) is 3.43. The molecule has 0 saturated heterocycles. The molecule has 0 aliphatic heterocycles. The molecule has 1 aromatic rings. The van der Waals surface area contributed by atoms with Crippen molar-refractivity contribution in [1.82, 2.24) is 0 Å². The van der Waals surface area contributed by atoms with E-state index in [9.17, 15) is 9.59 Å². The molecule has 16 heavy (non-hydrogen) atoms. The summed E-state index contributed by atoms with van der Waals surface area (Å²) in [4.78, 5) is 22.6. The van der Waals surface area contributed by atoms with Gasteiger partial charge >= 0.3 is 0 Å². The average molecular weight is 284 g/mol. The van der Waals surface area contributed by atoms with E-state index in [1.165, 1.54) is 0 Å². The number of benzene rings is 1. The highest BCUT2D eigenvalue weighted by molar-refractivity contribution is 9.09. The van der Waals surface area contributed by atoms with Gasteiger partial charge in [0, 0.05) is 17.7 Å². The smallest absolute Gasteiger partial charge is 0.224 e. The van der Waals surface area contributed by atoms with E-state index in [4.69, 9.17) is 0 Å². The molecule has 3 nitrogen and oxygen atoms in total. The summed E-state index contributed by atoms with van der Waals surface area (Å²) in [6.45, 7) is 1.96. The van der Waals surface area contributed by atoms with E-state index in [0.717, 1.165) is 12.1 Å². The molecular formula is C12H14BrNO2. The minimum Gasteiger partial charge on any atom is -0.326 e. The quantitative estimate of drug-likeness (QED) is 0.667. The van der Waals surface area contributed by atoms with Crippen LogP contribution in [0.25, 0.3) is 0 Å². The Morgan fingerprint density at radius 2 is 1.88 bits per heavy atom. The first-order valence-electron chi connectivity index (χ1n) is 5.16. The van der Waals surface area contributed by atoms with Gasteiger partial charge in [-0.25, -0.2) is 0 Å². The van der Waals surface area contributed by atoms with Crippen molar-refractivity contribution in [3.05, 3.63) is 29.8 Å². The average Bonchev–Trinajstić information content (AvgIpc) is 2.29. The Morgan fingerprint density at radius 1 is 1.25 bits per heavy atom. The standard InChI is InChI=1S/C12H14BrNO2/c1-2-3-12(16)14-10-6-4-9(5-7-10)11(15)8-13/h4-7H,2-3,8H2,1H3,(H,14,16). The number of nitrogens with one attached hydrogen (secondary N) is 1. The molecule has 1 amide bonds. The van der Waals surface area contributed by atoms with Gasteiger partial charge in [0.2, 0.25) is 5.91 Å². The summed E-state index contributed by atoms with van der Waals surface area (Å²) in [5.41, 5.74) is 1.37. The summed E-state index contributed by atoms with van der Waals surface area (Å²) in [6, 6.07) is 6.91. The number of Topliss-reactive ketones (excluding diaryl/α,β-unsaturated/α-hetero) is 1. The van der Waals surface area contributed by atoms with Crippen LogP contribution in [0, 0.1) is 0 Å². The summed E-state index contributed by atoms with van der Waals surface area (Å²) in [5, 5.41) is 3.08. The lowest BCUT2D eigenvalue weighted by atomic mass is 10.1. The van der Waals surface area contributed by atoms with Crippen LogP contribution in [0.4, 0.5) is 5.69 Å². The molecule has 0 aliphatic carbocycles. The van der Waals surface area contributed by atoms with Crippen molar-refractivity contribution in [2.75, 3.05) is 10.6 Å². The molecule has 0 heterocycles. The number of halogens is 1. The van der Waals surface area contributed by atoms with Gasteiger partial charge in [0.05, 0.1) is 5.33 Å². The lowest BCUT2D eigenvalue weighted by Crippen LogP contribution is -2.10. The van der Waals surface area contributed by atoms with Crippen LogP contribution in [0.2, 0.25) is 0 Å². The van der Waals surface area contributed by atoms with Crippen molar-refractivity contribution in [2.45, 2.75) is 19.8 Å². The second kappa shape index (κ2) is 6.43. The molecule has 1 N–H and O–H groups in total. The van der Waals surface area contributed by atoms with Gasteiger partial charge in [-0.15, -0.1) is 0 Å². The molecule has 0 radical (unpaired) electrons. The SMILES string of the molecule is CCCC(=O)Nc1ccc(C(=O)CBr)cc1. The summed E-state index contributed by atoms with van der Waals surface area (Å²) in [5.74, 6) is 0.0357. The fraction of sp³-hybridized carbons (Fsp3) is 0.333. The number of carbonyl (C=O) groups is 2. The van der Waals surface area contributed by atoms with Crippen LogP contribution in [0.5, 0.6) is 0 Å². The predicted octanol–water partition coefficient (Wildman–Crippen LogP) is 3.00. The third kappa shape index (κ3) is 3.77. The zero-order valence-electron chi connectivity index (χ0n) is 9.13. The Labute approximate surface area is 103 Å². The molecule has 4 heteroatoms. The number of hydrogen-bond acceptors (Lipinski definition) is 2. The molecule has 0 saturated carbocycles. The van der Waals surface area contributed by atoms with E-state index in [0.29, 0.717) is 17.3 Å². The first-order valence-corrected chi connectivity index (χ1v) is 6.28. The lowest BCUT2D eigenvalue weighted by Gasteiger charge is -2.04. The molecule has 1 rings (SSSR count). The monoisotopic (exact) mass is 283 g/mol. The summed E-state index contributed by atoms with van der Waals surface area (Å²) >= 11 is 3.11. The molecule has 0 bridgehead atoms. The van der Waals surface area contributed by atoms with Gasteiger partial charge in [0.1, 0.15) is 0 Å². The van der Waals surface area contributed by atoms with Crippen molar-refractivity contribution in [3.63, 3.8) is 0 Å². The summed E-state index contributed by atoms with van der Waals surface area (Å²) in [6.07, 6.45) is 1.34. The van der Waals surface area contributed by atoms with Gasteiger partial charge in [-0.1, -0.05) is 22.9 Å². The van der Waals surface area contributed by atoms with Crippen LogP contribution in [-0.4, -0.2) is 17.0 Å². The molecule has 86 valence electrons. The van der Waals surface area contributed by atoms with Crippen LogP contribution in [0.1, 0.15) is 30.1 Å². The molecule has 0 unspecified atom stereocenters. The fourth-order valence-corrected chi connectivity index (χ4v) is 1.59. The van der Waals surface area contributed by atoms with Crippen LogP contribution in [-0.2, 0) is 4.79 Å². The second-order valence-corrected chi connectivity index (χ2v) is 3.99. The lowest BCUT2D eigenvalue weighted by molar-refractivity contribution is -0.116. The number of alkyl halides is 1. The van der Waals surface area contributed by atoms with Gasteiger partial charge in [-0.2, -0.15) is 0 Å². The van der Waals surface area contributed by atoms with Crippen LogP contribution >= 0.6 is 15.9 Å². The minimum atomic E-state index is 0.00191. The molecule has 0 aromatic heterocycles. The maximum atomic E-state index is 11.3. The van der Waals surface area contributed by atoms with Crippen LogP contribution < -0.4 is 5.32 Å². The minimum absolute atomic E-state index is 0.00191. The molecule has 0 spiro atoms. The Bertz CT molecular complexity index is 373. The van der Waals surface area contributed by atoms with Crippen molar-refractivity contribution in [2.24, 2.45) is 0 Å². The number of rotatable bonds is 5. The number of ketones is 1. The van der Waals surface area contributed by atoms with Gasteiger partial charge < -0.3 is 5.32 Å². The summed E-state index contributed by atoms with van der Waals surface area (Å²) < 4.78 is 0. The molecule has 0 atom stereocenters. The third-order valence-corrected chi connectivity index (χ3v) is 2.60. The van der Waals surface area contributed by atoms with E-state index in [-0.39, 0.29) is 11.7 Å². The third-order valence-electron chi connectivity index (χ3n) is 2.09. The van der Waals surface area contributed by atoms with Crippen LogP contribution in [0.15, 0.2) is 24.3 Å². The number of amides is 1. The Kier molecular flexibility index (Phi) is 5.19. The van der Waals surface area contributed by atoms with Gasteiger partial charge in [0.25, 0.3) is 0 Å². The van der Waals surface area contributed by atoms with E-state index < -0.39 is 0 Å². The fourth-order valence-electron chi connectivity index (χ4n) is 1.27. The number of anilines is 1. The number of carbonyl (C=O) groups excluding carboxylic acids is 2. The molecular weight excluding hydrogens is 270 g/mol. The Morgan fingerprint density at radius 3 is 2.38 bits per heavy atom.